The van der Waals surface area contributed by atoms with Crippen LogP contribution in [0.25, 0.3) is 0 Å². The van der Waals surface area contributed by atoms with Crippen LogP contribution in [-0.4, -0.2) is 30.2 Å². The van der Waals surface area contributed by atoms with Gasteiger partial charge >= 0.3 is 5.97 Å². The summed E-state index contributed by atoms with van der Waals surface area (Å²) in [5.41, 5.74) is 0.163. The predicted octanol–water partition coefficient (Wildman–Crippen LogP) is 1.26. The molecule has 1 fully saturated rings. The molecule has 0 saturated heterocycles. The van der Waals surface area contributed by atoms with Crippen molar-refractivity contribution in [2.75, 3.05) is 19.0 Å². The zero-order valence-corrected chi connectivity index (χ0v) is 8.90. The van der Waals surface area contributed by atoms with E-state index < -0.39 is 11.4 Å². The van der Waals surface area contributed by atoms with Crippen LogP contribution in [-0.2, 0) is 10.2 Å². The highest BCUT2D eigenvalue weighted by molar-refractivity contribution is 5.86. The smallest absolute Gasteiger partial charge is 0.314 e. The normalized spacial score (nSPS) is 17.2. The van der Waals surface area contributed by atoms with E-state index >= 15 is 0 Å². The van der Waals surface area contributed by atoms with Gasteiger partial charge in [0.1, 0.15) is 5.82 Å². The summed E-state index contributed by atoms with van der Waals surface area (Å²) >= 11 is 0. The van der Waals surface area contributed by atoms with Gasteiger partial charge in [0.25, 0.3) is 0 Å². The molecule has 0 atom stereocenters. The zero-order chi connectivity index (χ0) is 11.1. The average molecular weight is 206 g/mol. The molecule has 1 N–H and O–H groups in total. The minimum absolute atomic E-state index is 0.673. The lowest BCUT2D eigenvalue weighted by molar-refractivity contribution is -0.140. The maximum absolute atomic E-state index is 11.2. The molecule has 0 aromatic carbocycles. The number of carboxylic acid groups (broad SMARTS) is 1. The van der Waals surface area contributed by atoms with E-state index in [1.165, 1.54) is 0 Å². The summed E-state index contributed by atoms with van der Waals surface area (Å²) in [4.78, 5) is 17.3. The van der Waals surface area contributed by atoms with Crippen molar-refractivity contribution in [1.82, 2.24) is 4.98 Å². The Morgan fingerprint density at radius 1 is 1.53 bits per heavy atom. The molecule has 1 aliphatic rings. The number of carbonyl (C=O) groups is 1. The molecule has 1 aromatic rings. The van der Waals surface area contributed by atoms with Crippen LogP contribution >= 0.6 is 0 Å². The number of nitrogens with zero attached hydrogens (tertiary/aromatic N) is 2. The lowest BCUT2D eigenvalue weighted by Gasteiger charge is -2.19. The van der Waals surface area contributed by atoms with Crippen LogP contribution in [0.4, 0.5) is 5.82 Å². The molecule has 1 aromatic heterocycles. The van der Waals surface area contributed by atoms with Crippen molar-refractivity contribution >= 4 is 11.8 Å². The van der Waals surface area contributed by atoms with Gasteiger partial charge in [0, 0.05) is 25.9 Å². The monoisotopic (exact) mass is 206 g/mol. The molecule has 80 valence electrons. The minimum Gasteiger partial charge on any atom is -0.481 e. The summed E-state index contributed by atoms with van der Waals surface area (Å²) in [6.07, 6.45) is 3.13. The van der Waals surface area contributed by atoms with Gasteiger partial charge in [0.05, 0.1) is 5.41 Å². The van der Waals surface area contributed by atoms with Crippen molar-refractivity contribution in [3.05, 3.63) is 23.9 Å². The molecule has 0 spiro atoms. The molecule has 4 nitrogen and oxygen atoms in total. The first kappa shape index (κ1) is 9.96. The molecule has 1 heterocycles. The SMILES string of the molecule is CN(C)c1ncccc1C1(C(=O)O)CC1. The molecular weight excluding hydrogens is 192 g/mol. The van der Waals surface area contributed by atoms with E-state index in [1.807, 2.05) is 25.1 Å². The maximum Gasteiger partial charge on any atom is 0.314 e. The van der Waals surface area contributed by atoms with Crippen molar-refractivity contribution in [3.63, 3.8) is 0 Å². The number of rotatable bonds is 3. The zero-order valence-electron chi connectivity index (χ0n) is 8.90. The number of hydrogen-bond acceptors (Lipinski definition) is 3. The van der Waals surface area contributed by atoms with E-state index in [1.54, 1.807) is 12.3 Å². The maximum atomic E-state index is 11.2. The number of pyridine rings is 1. The van der Waals surface area contributed by atoms with Gasteiger partial charge in [-0.1, -0.05) is 6.07 Å². The number of aromatic nitrogens is 1. The van der Waals surface area contributed by atoms with Gasteiger partial charge in [-0.15, -0.1) is 0 Å². The first-order chi connectivity index (χ1) is 7.08. The van der Waals surface area contributed by atoms with Crippen molar-refractivity contribution in [2.24, 2.45) is 0 Å². The van der Waals surface area contributed by atoms with Crippen LogP contribution < -0.4 is 4.90 Å². The standard InChI is InChI=1S/C11H14N2O2/c1-13(2)9-8(4-3-7-12-9)11(5-6-11)10(14)15/h3-4,7H,5-6H2,1-2H3,(H,14,15). The third-order valence-corrected chi connectivity index (χ3v) is 2.89. The lowest BCUT2D eigenvalue weighted by Crippen LogP contribution is -2.24. The first-order valence-corrected chi connectivity index (χ1v) is 4.94. The van der Waals surface area contributed by atoms with Gasteiger partial charge in [-0.2, -0.15) is 0 Å². The molecule has 0 radical (unpaired) electrons. The minimum atomic E-state index is -0.737. The highest BCUT2D eigenvalue weighted by Gasteiger charge is 2.53. The Labute approximate surface area is 88.6 Å². The van der Waals surface area contributed by atoms with Crippen LogP contribution in [0, 0.1) is 0 Å². The van der Waals surface area contributed by atoms with Crippen LogP contribution in [0.15, 0.2) is 18.3 Å². The topological polar surface area (TPSA) is 53.4 Å². The summed E-state index contributed by atoms with van der Waals surface area (Å²) in [6, 6.07) is 3.66. The largest absolute Gasteiger partial charge is 0.481 e. The van der Waals surface area contributed by atoms with E-state index in [0.29, 0.717) is 0 Å². The number of carboxylic acids is 1. The van der Waals surface area contributed by atoms with Crippen molar-refractivity contribution in [1.29, 1.82) is 0 Å². The summed E-state index contributed by atoms with van der Waals surface area (Å²) in [5.74, 6) is 0.0241. The summed E-state index contributed by atoms with van der Waals surface area (Å²) in [7, 11) is 3.76. The Bertz CT molecular complexity index is 397. The molecule has 1 aliphatic carbocycles. The highest BCUT2D eigenvalue weighted by Crippen LogP contribution is 2.50. The summed E-state index contributed by atoms with van der Waals surface area (Å²) in [5, 5.41) is 9.22. The van der Waals surface area contributed by atoms with E-state index in [0.717, 1.165) is 24.2 Å². The Kier molecular flexibility index (Phi) is 2.14. The van der Waals surface area contributed by atoms with Gasteiger partial charge in [-0.25, -0.2) is 4.98 Å². The molecule has 15 heavy (non-hydrogen) atoms. The number of aliphatic carboxylic acids is 1. The summed E-state index contributed by atoms with van der Waals surface area (Å²) < 4.78 is 0. The van der Waals surface area contributed by atoms with Gasteiger partial charge in [0.2, 0.25) is 0 Å². The second kappa shape index (κ2) is 3.22. The summed E-state index contributed by atoms with van der Waals surface area (Å²) in [6.45, 7) is 0. The molecular formula is C11H14N2O2. The van der Waals surface area contributed by atoms with Crippen molar-refractivity contribution in [2.45, 2.75) is 18.3 Å². The lowest BCUT2D eigenvalue weighted by atomic mass is 9.96. The second-order valence-electron chi connectivity index (χ2n) is 4.16. The van der Waals surface area contributed by atoms with Gasteiger partial charge in [-0.05, 0) is 18.9 Å². The Balaban J connectivity index is 2.49. The van der Waals surface area contributed by atoms with Crippen LogP contribution in [0.1, 0.15) is 18.4 Å². The van der Waals surface area contributed by atoms with E-state index in [2.05, 4.69) is 4.98 Å². The van der Waals surface area contributed by atoms with E-state index in [9.17, 15) is 9.90 Å². The van der Waals surface area contributed by atoms with Gasteiger partial charge < -0.3 is 10.0 Å². The van der Waals surface area contributed by atoms with Crippen molar-refractivity contribution < 1.29 is 9.90 Å². The fourth-order valence-corrected chi connectivity index (χ4v) is 1.85. The Morgan fingerprint density at radius 3 is 2.67 bits per heavy atom. The van der Waals surface area contributed by atoms with E-state index in [4.69, 9.17) is 0 Å². The number of anilines is 1. The first-order valence-electron chi connectivity index (χ1n) is 4.94. The third-order valence-electron chi connectivity index (χ3n) is 2.89. The van der Waals surface area contributed by atoms with E-state index in [-0.39, 0.29) is 0 Å². The molecule has 4 heteroatoms. The van der Waals surface area contributed by atoms with Crippen LogP contribution in [0.2, 0.25) is 0 Å². The highest BCUT2D eigenvalue weighted by atomic mass is 16.4. The molecule has 0 aliphatic heterocycles. The van der Waals surface area contributed by atoms with Gasteiger partial charge in [0.15, 0.2) is 0 Å². The molecule has 1 saturated carbocycles. The Hall–Kier alpha value is -1.58. The molecule has 2 rings (SSSR count). The van der Waals surface area contributed by atoms with Crippen LogP contribution in [0.3, 0.4) is 0 Å². The van der Waals surface area contributed by atoms with Crippen molar-refractivity contribution in [3.8, 4) is 0 Å². The Morgan fingerprint density at radius 2 is 2.20 bits per heavy atom. The third kappa shape index (κ3) is 1.46. The fourth-order valence-electron chi connectivity index (χ4n) is 1.85. The van der Waals surface area contributed by atoms with Crippen LogP contribution in [0.5, 0.6) is 0 Å². The number of hydrogen-bond donors (Lipinski definition) is 1. The fraction of sp³-hybridized carbons (Fsp3) is 0.455. The van der Waals surface area contributed by atoms with Gasteiger partial charge in [-0.3, -0.25) is 4.79 Å². The predicted molar refractivity (Wildman–Crippen MR) is 57.1 cm³/mol. The average Bonchev–Trinajstić information content (AvgIpc) is 2.98. The molecule has 0 amide bonds. The molecule has 0 unspecified atom stereocenters. The molecule has 0 bridgehead atoms. The quantitative estimate of drug-likeness (QED) is 0.809. The second-order valence-corrected chi connectivity index (χ2v) is 4.16.